The molecular formula is C34H31NO4. The average molecular weight is 518 g/mol. The largest absolute Gasteiger partial charge is 0.458 e. The van der Waals surface area contributed by atoms with Gasteiger partial charge in [0.05, 0.1) is 6.04 Å². The highest BCUT2D eigenvalue weighted by Crippen LogP contribution is 2.56. The van der Waals surface area contributed by atoms with Crippen LogP contribution in [0.2, 0.25) is 0 Å². The van der Waals surface area contributed by atoms with E-state index in [0.29, 0.717) is 12.8 Å². The number of hydrogen-bond donors (Lipinski definition) is 0. The van der Waals surface area contributed by atoms with Gasteiger partial charge in [-0.3, -0.25) is 4.79 Å². The average Bonchev–Trinajstić information content (AvgIpc) is 3.50. The van der Waals surface area contributed by atoms with E-state index in [0.717, 1.165) is 33.4 Å². The molecule has 0 spiro atoms. The third-order valence-corrected chi connectivity index (χ3v) is 8.13. The maximum atomic E-state index is 13.9. The number of hydrogen-bond acceptors (Lipinski definition) is 4. The topological polar surface area (TPSA) is 55.8 Å². The van der Waals surface area contributed by atoms with E-state index in [2.05, 4.69) is 36.4 Å². The van der Waals surface area contributed by atoms with Crippen molar-refractivity contribution in [3.8, 4) is 11.1 Å². The van der Waals surface area contributed by atoms with E-state index in [9.17, 15) is 9.59 Å². The lowest BCUT2D eigenvalue weighted by Gasteiger charge is -2.46. The third kappa shape index (κ3) is 3.96. The van der Waals surface area contributed by atoms with Crippen LogP contribution in [0.1, 0.15) is 48.1 Å². The molecule has 0 unspecified atom stereocenters. The summed E-state index contributed by atoms with van der Waals surface area (Å²) in [7, 11) is 1.51. The molecular weight excluding hydrogens is 486 g/mol. The number of methoxy groups -OCH3 is 1. The summed E-state index contributed by atoms with van der Waals surface area (Å²) < 4.78 is 11.6. The van der Waals surface area contributed by atoms with Crippen LogP contribution in [-0.2, 0) is 24.6 Å². The van der Waals surface area contributed by atoms with Crippen molar-refractivity contribution < 1.29 is 19.1 Å². The Morgan fingerprint density at radius 1 is 0.821 bits per heavy atom. The smallest absolute Gasteiger partial charge is 0.340 e. The molecule has 6 rings (SSSR count). The fraction of sp³-hybridized carbons (Fsp3) is 0.235. The fourth-order valence-corrected chi connectivity index (χ4v) is 6.51. The van der Waals surface area contributed by atoms with Gasteiger partial charge in [0.15, 0.2) is 6.10 Å². The molecule has 1 aliphatic carbocycles. The highest BCUT2D eigenvalue weighted by Gasteiger charge is 2.55. The van der Waals surface area contributed by atoms with E-state index < -0.39 is 23.7 Å². The zero-order chi connectivity index (χ0) is 27.0. The van der Waals surface area contributed by atoms with Gasteiger partial charge >= 0.3 is 5.97 Å². The van der Waals surface area contributed by atoms with Gasteiger partial charge < -0.3 is 14.4 Å². The molecule has 4 aromatic carbocycles. The minimum atomic E-state index is -0.840. The molecule has 196 valence electrons. The third-order valence-electron chi connectivity index (χ3n) is 8.13. The highest BCUT2D eigenvalue weighted by molar-refractivity contribution is 5.89. The number of likely N-dealkylation sites (tertiary alicyclic amines) is 1. The summed E-state index contributed by atoms with van der Waals surface area (Å²) in [5.74, 6) is -0.416. The van der Waals surface area contributed by atoms with Crippen molar-refractivity contribution in [3.05, 3.63) is 131 Å². The van der Waals surface area contributed by atoms with Crippen molar-refractivity contribution >= 4 is 11.9 Å². The zero-order valence-electron chi connectivity index (χ0n) is 22.1. The molecule has 0 aromatic heterocycles. The van der Waals surface area contributed by atoms with E-state index in [1.165, 1.54) is 7.11 Å². The van der Waals surface area contributed by atoms with Crippen molar-refractivity contribution in [2.75, 3.05) is 7.11 Å². The second-order valence-electron chi connectivity index (χ2n) is 10.2. The van der Waals surface area contributed by atoms with Gasteiger partial charge in [-0.25, -0.2) is 4.79 Å². The van der Waals surface area contributed by atoms with E-state index >= 15 is 0 Å². The van der Waals surface area contributed by atoms with Crippen molar-refractivity contribution in [2.45, 2.75) is 43.6 Å². The Balaban J connectivity index is 1.45. The Morgan fingerprint density at radius 3 is 1.95 bits per heavy atom. The molecule has 1 saturated heterocycles. The standard InChI is InChI=1S/C34H31NO4/c1-23(39-33(37)32(38-2)24-13-5-3-6-14-24)30-21-22-31(36)35(30)34(25-15-7-4-8-16-25)28-19-11-9-17-26(28)27-18-10-12-20-29(27)34/h3-20,23,30,32H,21-22H2,1-2H3/t23-,30-,32-/m0/s1. The minimum absolute atomic E-state index is 0.0459. The van der Waals surface area contributed by atoms with E-state index in [1.807, 2.05) is 84.6 Å². The predicted molar refractivity (Wildman–Crippen MR) is 150 cm³/mol. The molecule has 1 aliphatic heterocycles. The van der Waals surface area contributed by atoms with Gasteiger partial charge in [0.25, 0.3) is 0 Å². The maximum absolute atomic E-state index is 13.9. The number of fused-ring (bicyclic) bond motifs is 3. The monoisotopic (exact) mass is 517 g/mol. The molecule has 1 heterocycles. The van der Waals surface area contributed by atoms with Crippen LogP contribution in [0.4, 0.5) is 0 Å². The summed E-state index contributed by atoms with van der Waals surface area (Å²) in [4.78, 5) is 29.3. The molecule has 5 nitrogen and oxygen atoms in total. The Labute approximate surface area is 229 Å². The van der Waals surface area contributed by atoms with Crippen LogP contribution in [0.3, 0.4) is 0 Å². The Hall–Kier alpha value is -4.22. The maximum Gasteiger partial charge on any atom is 0.340 e. The number of benzene rings is 4. The second kappa shape index (κ2) is 10.2. The molecule has 1 fully saturated rings. The lowest BCUT2D eigenvalue weighted by molar-refractivity contribution is -0.165. The lowest BCUT2D eigenvalue weighted by atomic mass is 9.78. The zero-order valence-corrected chi connectivity index (χ0v) is 22.1. The van der Waals surface area contributed by atoms with Crippen molar-refractivity contribution in [3.63, 3.8) is 0 Å². The quantitative estimate of drug-likeness (QED) is 0.271. The predicted octanol–water partition coefficient (Wildman–Crippen LogP) is 6.27. The number of nitrogens with zero attached hydrogens (tertiary/aromatic N) is 1. The Morgan fingerprint density at radius 2 is 1.36 bits per heavy atom. The second-order valence-corrected chi connectivity index (χ2v) is 10.2. The van der Waals surface area contributed by atoms with E-state index in [-0.39, 0.29) is 11.9 Å². The van der Waals surface area contributed by atoms with E-state index in [4.69, 9.17) is 9.47 Å². The first kappa shape index (κ1) is 25.1. The Bertz CT molecular complexity index is 1450. The van der Waals surface area contributed by atoms with Gasteiger partial charge in [0.2, 0.25) is 5.91 Å². The molecule has 0 bridgehead atoms. The summed E-state index contributed by atoms with van der Waals surface area (Å²) in [6.07, 6.45) is -0.409. The molecule has 0 saturated carbocycles. The van der Waals surface area contributed by atoms with Crippen molar-refractivity contribution in [1.29, 1.82) is 0 Å². The first-order chi connectivity index (χ1) is 19.1. The van der Waals surface area contributed by atoms with Gasteiger partial charge in [0.1, 0.15) is 11.6 Å². The van der Waals surface area contributed by atoms with Crippen LogP contribution in [0.15, 0.2) is 109 Å². The normalized spacial score (nSPS) is 18.8. The number of esters is 1. The van der Waals surface area contributed by atoms with Gasteiger partial charge in [-0.15, -0.1) is 0 Å². The molecule has 3 atom stereocenters. The molecule has 5 heteroatoms. The van der Waals surface area contributed by atoms with Crippen LogP contribution in [-0.4, -0.2) is 36.0 Å². The van der Waals surface area contributed by atoms with Crippen LogP contribution in [0, 0.1) is 0 Å². The van der Waals surface area contributed by atoms with Crippen LogP contribution in [0.25, 0.3) is 11.1 Å². The van der Waals surface area contributed by atoms with E-state index in [1.54, 1.807) is 0 Å². The summed E-state index contributed by atoms with van der Waals surface area (Å²) in [5, 5.41) is 0. The first-order valence-electron chi connectivity index (χ1n) is 13.4. The summed E-state index contributed by atoms with van der Waals surface area (Å²) in [6, 6.07) is 35.9. The van der Waals surface area contributed by atoms with Crippen LogP contribution >= 0.6 is 0 Å². The molecule has 2 aliphatic rings. The van der Waals surface area contributed by atoms with Crippen molar-refractivity contribution in [1.82, 2.24) is 4.90 Å². The molecule has 0 N–H and O–H groups in total. The SMILES string of the molecule is CO[C@H](C(=O)O[C@@H](C)[C@@H]1CCC(=O)N1C1(c2ccccc2)c2ccccc2-c2ccccc21)c1ccccc1. The summed E-state index contributed by atoms with van der Waals surface area (Å²) in [6.45, 7) is 1.89. The summed E-state index contributed by atoms with van der Waals surface area (Å²) in [5.41, 5.74) is 5.27. The van der Waals surface area contributed by atoms with Gasteiger partial charge in [-0.05, 0) is 46.7 Å². The minimum Gasteiger partial charge on any atom is -0.458 e. The fourth-order valence-electron chi connectivity index (χ4n) is 6.51. The molecule has 39 heavy (non-hydrogen) atoms. The number of ether oxygens (including phenoxy) is 2. The molecule has 1 amide bonds. The molecule has 4 aromatic rings. The number of carbonyl (C=O) groups excluding carboxylic acids is 2. The van der Waals surface area contributed by atoms with Crippen LogP contribution in [0.5, 0.6) is 0 Å². The molecule has 0 radical (unpaired) electrons. The summed E-state index contributed by atoms with van der Waals surface area (Å²) >= 11 is 0. The number of carbonyl (C=O) groups is 2. The lowest BCUT2D eigenvalue weighted by Crippen LogP contribution is -2.54. The number of rotatable bonds is 7. The number of amides is 1. The van der Waals surface area contributed by atoms with Crippen LogP contribution < -0.4 is 0 Å². The Kier molecular flexibility index (Phi) is 6.53. The first-order valence-corrected chi connectivity index (χ1v) is 13.4. The van der Waals surface area contributed by atoms with Gasteiger partial charge in [-0.1, -0.05) is 109 Å². The highest BCUT2D eigenvalue weighted by atomic mass is 16.6. The van der Waals surface area contributed by atoms with Crippen molar-refractivity contribution in [2.24, 2.45) is 0 Å². The van der Waals surface area contributed by atoms with Gasteiger partial charge in [-0.2, -0.15) is 0 Å². The van der Waals surface area contributed by atoms with Gasteiger partial charge in [0, 0.05) is 13.5 Å².